The Labute approximate surface area is 198 Å². The van der Waals surface area contributed by atoms with Crippen LogP contribution in [0.4, 0.5) is 5.69 Å². The molecule has 2 aromatic carbocycles. The van der Waals surface area contributed by atoms with E-state index >= 15 is 0 Å². The number of methoxy groups -OCH3 is 1. The average Bonchev–Trinajstić information content (AvgIpc) is 3.36. The van der Waals surface area contributed by atoms with E-state index in [1.54, 1.807) is 23.1 Å². The number of aromatic nitrogens is 2. The van der Waals surface area contributed by atoms with Gasteiger partial charge in [-0.1, -0.05) is 6.07 Å². The normalized spacial score (nSPS) is 13.4. The van der Waals surface area contributed by atoms with Crippen molar-refractivity contribution in [1.82, 2.24) is 13.6 Å². The Bertz CT molecular complexity index is 1190. The zero-order valence-electron chi connectivity index (χ0n) is 18.3. The van der Waals surface area contributed by atoms with Crippen LogP contribution in [0.2, 0.25) is 0 Å². The molecule has 1 N–H and O–H groups in total. The van der Waals surface area contributed by atoms with E-state index in [0.29, 0.717) is 48.8 Å². The molecule has 0 bridgehead atoms. The molecule has 34 heavy (non-hydrogen) atoms. The minimum atomic E-state index is -0.710. The topological polar surface area (TPSA) is 129 Å². The number of hydrogen-bond acceptors (Lipinski definition) is 10. The first kappa shape index (κ1) is 23.4. The summed E-state index contributed by atoms with van der Waals surface area (Å²) < 4.78 is 29.5. The lowest BCUT2D eigenvalue weighted by Gasteiger charge is -2.26. The molecule has 0 atom stereocenters. The van der Waals surface area contributed by atoms with Crippen LogP contribution in [0.5, 0.6) is 11.5 Å². The van der Waals surface area contributed by atoms with E-state index < -0.39 is 18.5 Å². The number of ether oxygens (including phenoxy) is 4. The number of carbonyl (C=O) groups excluding carboxylic acids is 3. The van der Waals surface area contributed by atoms with Gasteiger partial charge in [-0.15, -0.1) is 0 Å². The molecule has 11 nitrogen and oxygen atoms in total. The fourth-order valence-corrected chi connectivity index (χ4v) is 3.81. The van der Waals surface area contributed by atoms with E-state index in [-0.39, 0.29) is 23.8 Å². The van der Waals surface area contributed by atoms with Crippen LogP contribution in [0, 0.1) is 0 Å². The van der Waals surface area contributed by atoms with Crippen LogP contribution in [0.1, 0.15) is 10.4 Å². The Kier molecular flexibility index (Phi) is 7.50. The zero-order chi connectivity index (χ0) is 23.9. The van der Waals surface area contributed by atoms with Crippen LogP contribution in [0.25, 0.3) is 11.0 Å². The van der Waals surface area contributed by atoms with Gasteiger partial charge in [0.05, 0.1) is 43.3 Å². The minimum Gasteiger partial charge on any atom is -0.493 e. The average molecular weight is 487 g/mol. The summed E-state index contributed by atoms with van der Waals surface area (Å²) in [7, 11) is 1.42. The van der Waals surface area contributed by atoms with Crippen molar-refractivity contribution in [2.24, 2.45) is 0 Å². The summed E-state index contributed by atoms with van der Waals surface area (Å²) in [5.74, 6) is -0.816. The van der Waals surface area contributed by atoms with Crippen molar-refractivity contribution < 1.29 is 33.3 Å². The largest absolute Gasteiger partial charge is 0.493 e. The van der Waals surface area contributed by atoms with Gasteiger partial charge in [0.15, 0.2) is 24.7 Å². The standard InChI is InChI=1S/C22H22N4O7S/c1-30-18-11-14(5-6-17(18)32-13-20(28)26-7-9-31-10-8-26)22(29)33-12-19(27)23-15-3-2-4-16-21(15)25-34-24-16/h2-6,11H,7-10,12-13H2,1H3,(H,23,27). The highest BCUT2D eigenvalue weighted by atomic mass is 32.1. The number of nitrogens with one attached hydrogen (secondary N) is 1. The Balaban J connectivity index is 1.31. The van der Waals surface area contributed by atoms with Gasteiger partial charge >= 0.3 is 5.97 Å². The molecule has 1 aromatic heterocycles. The number of benzene rings is 2. The molecular formula is C22H22N4O7S. The van der Waals surface area contributed by atoms with E-state index in [9.17, 15) is 14.4 Å². The molecule has 1 saturated heterocycles. The lowest BCUT2D eigenvalue weighted by Crippen LogP contribution is -2.43. The Hall–Kier alpha value is -3.77. The number of morpholine rings is 1. The monoisotopic (exact) mass is 486 g/mol. The second-order valence-electron chi connectivity index (χ2n) is 7.21. The van der Waals surface area contributed by atoms with Gasteiger partial charge in [-0.2, -0.15) is 8.75 Å². The summed E-state index contributed by atoms with van der Waals surface area (Å²) in [5, 5.41) is 2.66. The first-order valence-corrected chi connectivity index (χ1v) is 11.1. The second-order valence-corrected chi connectivity index (χ2v) is 7.74. The first-order valence-electron chi connectivity index (χ1n) is 10.4. The van der Waals surface area contributed by atoms with Crippen molar-refractivity contribution in [3.05, 3.63) is 42.0 Å². The number of carbonyl (C=O) groups is 3. The molecular weight excluding hydrogens is 464 g/mol. The van der Waals surface area contributed by atoms with Gasteiger partial charge < -0.3 is 29.2 Å². The SMILES string of the molecule is COc1cc(C(=O)OCC(=O)Nc2cccc3nsnc23)ccc1OCC(=O)N1CCOCC1. The molecule has 1 fully saturated rings. The third-order valence-electron chi connectivity index (χ3n) is 5.01. The molecule has 178 valence electrons. The molecule has 0 unspecified atom stereocenters. The molecule has 3 aromatic rings. The van der Waals surface area contributed by atoms with Gasteiger partial charge in [0.25, 0.3) is 11.8 Å². The Morgan fingerprint density at radius 3 is 2.71 bits per heavy atom. The Morgan fingerprint density at radius 2 is 1.91 bits per heavy atom. The molecule has 0 aliphatic carbocycles. The molecule has 1 aliphatic rings. The fourth-order valence-electron chi connectivity index (χ4n) is 3.27. The van der Waals surface area contributed by atoms with Crippen molar-refractivity contribution in [3.8, 4) is 11.5 Å². The van der Waals surface area contributed by atoms with Gasteiger partial charge in [-0.25, -0.2) is 4.79 Å². The molecule has 1 aliphatic heterocycles. The number of esters is 1. The molecule has 4 rings (SSSR count). The summed E-state index contributed by atoms with van der Waals surface area (Å²) >= 11 is 1.04. The van der Waals surface area contributed by atoms with Crippen molar-refractivity contribution in [2.45, 2.75) is 0 Å². The molecule has 2 heterocycles. The zero-order valence-corrected chi connectivity index (χ0v) is 19.1. The third kappa shape index (κ3) is 5.58. The van der Waals surface area contributed by atoms with E-state index in [2.05, 4.69) is 14.1 Å². The van der Waals surface area contributed by atoms with Crippen molar-refractivity contribution >= 4 is 46.2 Å². The minimum absolute atomic E-state index is 0.163. The number of anilines is 1. The molecule has 12 heteroatoms. The van der Waals surface area contributed by atoms with Gasteiger partial charge in [0.1, 0.15) is 11.0 Å². The van der Waals surface area contributed by atoms with Gasteiger partial charge in [-0.3, -0.25) is 9.59 Å². The predicted molar refractivity (Wildman–Crippen MR) is 122 cm³/mol. The summed E-state index contributed by atoms with van der Waals surface area (Å²) in [6.45, 7) is 1.40. The van der Waals surface area contributed by atoms with E-state index in [0.717, 1.165) is 11.7 Å². The number of hydrogen-bond donors (Lipinski definition) is 1. The van der Waals surface area contributed by atoms with Gasteiger partial charge in [0.2, 0.25) is 0 Å². The molecule has 0 saturated carbocycles. The van der Waals surface area contributed by atoms with Crippen molar-refractivity contribution in [1.29, 1.82) is 0 Å². The highest BCUT2D eigenvalue weighted by Crippen LogP contribution is 2.28. The third-order valence-corrected chi connectivity index (χ3v) is 5.55. The van der Waals surface area contributed by atoms with Crippen LogP contribution >= 0.6 is 11.7 Å². The summed E-state index contributed by atoms with van der Waals surface area (Å²) in [4.78, 5) is 38.6. The van der Waals surface area contributed by atoms with Crippen LogP contribution in [-0.4, -0.2) is 78.1 Å². The van der Waals surface area contributed by atoms with Crippen LogP contribution in [-0.2, 0) is 19.1 Å². The van der Waals surface area contributed by atoms with Crippen LogP contribution in [0.15, 0.2) is 36.4 Å². The highest BCUT2D eigenvalue weighted by molar-refractivity contribution is 7.00. The lowest BCUT2D eigenvalue weighted by atomic mass is 10.2. The van der Waals surface area contributed by atoms with E-state index in [1.807, 2.05) is 0 Å². The number of rotatable bonds is 8. The van der Waals surface area contributed by atoms with Gasteiger partial charge in [-0.05, 0) is 30.3 Å². The van der Waals surface area contributed by atoms with Crippen LogP contribution in [0.3, 0.4) is 0 Å². The molecule has 0 spiro atoms. The summed E-state index contributed by atoms with van der Waals surface area (Å²) in [6, 6.07) is 9.63. The number of fused-ring (bicyclic) bond motifs is 1. The summed E-state index contributed by atoms with van der Waals surface area (Å²) in [5.41, 5.74) is 1.89. The maximum atomic E-state index is 12.4. The first-order chi connectivity index (χ1) is 16.5. The lowest BCUT2D eigenvalue weighted by molar-refractivity contribution is -0.137. The molecule has 0 radical (unpaired) electrons. The van der Waals surface area contributed by atoms with Gasteiger partial charge in [0, 0.05) is 13.1 Å². The van der Waals surface area contributed by atoms with Crippen LogP contribution < -0.4 is 14.8 Å². The Morgan fingerprint density at radius 1 is 1.09 bits per heavy atom. The quantitative estimate of drug-likeness (QED) is 0.473. The number of amides is 2. The second kappa shape index (κ2) is 10.9. The number of nitrogens with zero attached hydrogens (tertiary/aromatic N) is 3. The van der Waals surface area contributed by atoms with E-state index in [1.165, 1.54) is 25.3 Å². The fraction of sp³-hybridized carbons (Fsp3) is 0.318. The maximum Gasteiger partial charge on any atom is 0.338 e. The predicted octanol–water partition coefficient (Wildman–Crippen LogP) is 1.73. The smallest absolute Gasteiger partial charge is 0.338 e. The molecule has 2 amide bonds. The van der Waals surface area contributed by atoms with Crippen molar-refractivity contribution in [2.75, 3.05) is 51.9 Å². The summed E-state index contributed by atoms with van der Waals surface area (Å²) in [6.07, 6.45) is 0. The van der Waals surface area contributed by atoms with Crippen molar-refractivity contribution in [3.63, 3.8) is 0 Å². The highest BCUT2D eigenvalue weighted by Gasteiger charge is 2.19. The maximum absolute atomic E-state index is 12.4. The van der Waals surface area contributed by atoms with E-state index in [4.69, 9.17) is 18.9 Å².